The fraction of sp³-hybridized carbons (Fsp3) is 0.364. The van der Waals surface area contributed by atoms with Crippen molar-refractivity contribution in [3.8, 4) is 0 Å². The molecular formula is C11H13Cl2NO5S. The molecule has 0 aliphatic carbocycles. The molecule has 0 aromatic heterocycles. The van der Waals surface area contributed by atoms with Crippen LogP contribution in [0.25, 0.3) is 0 Å². The van der Waals surface area contributed by atoms with Gasteiger partial charge in [-0.15, -0.1) is 0 Å². The highest BCUT2D eigenvalue weighted by Gasteiger charge is 2.31. The molecule has 1 aromatic rings. The number of sulfonamides is 1. The maximum absolute atomic E-state index is 11.8. The minimum Gasteiger partial charge on any atom is -0.479 e. The number of carboxylic acid groups (broad SMARTS) is 1. The Hall–Kier alpha value is -0.860. The average Bonchev–Trinajstić information content (AvgIpc) is 2.31. The van der Waals surface area contributed by atoms with Crippen molar-refractivity contribution in [1.82, 2.24) is 4.72 Å². The summed E-state index contributed by atoms with van der Waals surface area (Å²) in [6.07, 6.45) is 0. The summed E-state index contributed by atoms with van der Waals surface area (Å²) in [5, 5.41) is 18.6. The van der Waals surface area contributed by atoms with E-state index in [9.17, 15) is 18.3 Å². The van der Waals surface area contributed by atoms with E-state index in [4.69, 9.17) is 28.3 Å². The van der Waals surface area contributed by atoms with Crippen molar-refractivity contribution < 1.29 is 23.4 Å². The van der Waals surface area contributed by atoms with Crippen molar-refractivity contribution in [1.29, 1.82) is 0 Å². The van der Waals surface area contributed by atoms with Gasteiger partial charge in [0.15, 0.2) is 5.60 Å². The van der Waals surface area contributed by atoms with Crippen LogP contribution in [-0.2, 0) is 20.6 Å². The molecule has 0 radical (unpaired) electrons. The summed E-state index contributed by atoms with van der Waals surface area (Å²) in [6, 6.07) is 4.35. The average molecular weight is 342 g/mol. The lowest BCUT2D eigenvalue weighted by molar-refractivity contribution is -0.155. The predicted octanol–water partition coefficient (Wildman–Crippen LogP) is 1.25. The molecule has 20 heavy (non-hydrogen) atoms. The molecular weight excluding hydrogens is 329 g/mol. The second kappa shape index (κ2) is 6.28. The summed E-state index contributed by atoms with van der Waals surface area (Å²) >= 11 is 11.5. The summed E-state index contributed by atoms with van der Waals surface area (Å²) < 4.78 is 25.6. The van der Waals surface area contributed by atoms with E-state index in [1.54, 1.807) is 0 Å². The van der Waals surface area contributed by atoms with Gasteiger partial charge in [-0.25, -0.2) is 17.9 Å². The third-order valence-electron chi connectivity index (χ3n) is 2.44. The van der Waals surface area contributed by atoms with Crippen LogP contribution in [0.4, 0.5) is 0 Å². The third-order valence-corrected chi connectivity index (χ3v) is 4.47. The van der Waals surface area contributed by atoms with Crippen molar-refractivity contribution >= 4 is 39.2 Å². The molecule has 6 nitrogen and oxygen atoms in total. The first-order valence-electron chi connectivity index (χ1n) is 5.40. The van der Waals surface area contributed by atoms with Gasteiger partial charge in [0, 0.05) is 6.54 Å². The van der Waals surface area contributed by atoms with E-state index in [1.165, 1.54) is 18.2 Å². The first-order valence-corrected chi connectivity index (χ1v) is 7.81. The molecule has 0 saturated carbocycles. The zero-order chi connectivity index (χ0) is 15.6. The highest BCUT2D eigenvalue weighted by atomic mass is 35.5. The Morgan fingerprint density at radius 1 is 1.35 bits per heavy atom. The van der Waals surface area contributed by atoms with Crippen LogP contribution in [0.3, 0.4) is 0 Å². The number of halogens is 2. The van der Waals surface area contributed by atoms with Crippen LogP contribution in [0.15, 0.2) is 18.2 Å². The van der Waals surface area contributed by atoms with E-state index in [0.717, 1.165) is 6.92 Å². The fourth-order valence-electron chi connectivity index (χ4n) is 1.23. The Balaban J connectivity index is 2.75. The van der Waals surface area contributed by atoms with Crippen molar-refractivity contribution in [3.63, 3.8) is 0 Å². The van der Waals surface area contributed by atoms with E-state index < -0.39 is 33.9 Å². The second-order valence-electron chi connectivity index (χ2n) is 4.41. The SMILES string of the molecule is CC(O)(CNS(=O)(=O)Cc1ccc(Cl)c(Cl)c1)C(=O)O. The zero-order valence-corrected chi connectivity index (χ0v) is 12.8. The van der Waals surface area contributed by atoms with Gasteiger partial charge >= 0.3 is 5.97 Å². The number of aliphatic hydroxyl groups is 1. The summed E-state index contributed by atoms with van der Waals surface area (Å²) in [4.78, 5) is 10.7. The molecule has 0 fully saturated rings. The van der Waals surface area contributed by atoms with Gasteiger partial charge in [-0.05, 0) is 24.6 Å². The topological polar surface area (TPSA) is 104 Å². The lowest BCUT2D eigenvalue weighted by atomic mass is 10.1. The summed E-state index contributed by atoms with van der Waals surface area (Å²) in [5.74, 6) is -1.92. The van der Waals surface area contributed by atoms with Gasteiger partial charge in [-0.1, -0.05) is 29.3 Å². The Bertz CT molecular complexity index is 615. The first-order chi connectivity index (χ1) is 9.03. The summed E-state index contributed by atoms with van der Waals surface area (Å²) in [6.45, 7) is 0.364. The van der Waals surface area contributed by atoms with E-state index in [2.05, 4.69) is 0 Å². The number of nitrogens with one attached hydrogen (secondary N) is 1. The summed E-state index contributed by atoms with van der Waals surface area (Å²) in [7, 11) is -3.81. The normalized spacial score (nSPS) is 14.8. The molecule has 9 heteroatoms. The van der Waals surface area contributed by atoms with Crippen molar-refractivity contribution in [2.24, 2.45) is 0 Å². The molecule has 0 saturated heterocycles. The molecule has 0 amide bonds. The third kappa shape index (κ3) is 4.92. The number of hydrogen-bond acceptors (Lipinski definition) is 4. The molecule has 1 aromatic carbocycles. The van der Waals surface area contributed by atoms with Gasteiger partial charge < -0.3 is 10.2 Å². The van der Waals surface area contributed by atoms with E-state index >= 15 is 0 Å². The number of carbonyl (C=O) groups is 1. The second-order valence-corrected chi connectivity index (χ2v) is 7.03. The highest BCUT2D eigenvalue weighted by molar-refractivity contribution is 7.88. The smallest absolute Gasteiger partial charge is 0.336 e. The highest BCUT2D eigenvalue weighted by Crippen LogP contribution is 2.23. The van der Waals surface area contributed by atoms with Crippen LogP contribution >= 0.6 is 23.2 Å². The minimum absolute atomic E-state index is 0.219. The van der Waals surface area contributed by atoms with Crippen LogP contribution in [0.5, 0.6) is 0 Å². The number of rotatable bonds is 6. The minimum atomic E-state index is -3.81. The molecule has 0 bridgehead atoms. The largest absolute Gasteiger partial charge is 0.479 e. The van der Waals surface area contributed by atoms with Crippen LogP contribution in [0.2, 0.25) is 10.0 Å². The number of carboxylic acids is 1. The molecule has 1 unspecified atom stereocenters. The molecule has 3 N–H and O–H groups in total. The Kier molecular flexibility index (Phi) is 5.39. The van der Waals surface area contributed by atoms with Gasteiger partial charge in [-0.3, -0.25) is 0 Å². The Morgan fingerprint density at radius 2 is 1.95 bits per heavy atom. The summed E-state index contributed by atoms with van der Waals surface area (Å²) in [5.41, 5.74) is -1.79. The molecule has 112 valence electrons. The van der Waals surface area contributed by atoms with Crippen LogP contribution < -0.4 is 4.72 Å². The standard InChI is InChI=1S/C11H13Cl2NO5S/c1-11(17,10(15)16)6-14-20(18,19)5-7-2-3-8(12)9(13)4-7/h2-4,14,17H,5-6H2,1H3,(H,15,16). The van der Waals surface area contributed by atoms with Gasteiger partial charge in [-0.2, -0.15) is 0 Å². The first kappa shape index (κ1) is 17.2. The molecule has 0 heterocycles. The van der Waals surface area contributed by atoms with Gasteiger partial charge in [0.05, 0.1) is 15.8 Å². The van der Waals surface area contributed by atoms with Gasteiger partial charge in [0.2, 0.25) is 10.0 Å². The number of hydrogen-bond donors (Lipinski definition) is 3. The van der Waals surface area contributed by atoms with E-state index in [1.807, 2.05) is 4.72 Å². The van der Waals surface area contributed by atoms with Crippen molar-refractivity contribution in [2.45, 2.75) is 18.3 Å². The molecule has 0 spiro atoms. The lowest BCUT2D eigenvalue weighted by Crippen LogP contribution is -2.46. The van der Waals surface area contributed by atoms with Gasteiger partial charge in [0.1, 0.15) is 0 Å². The lowest BCUT2D eigenvalue weighted by Gasteiger charge is -2.18. The molecule has 0 aliphatic rings. The monoisotopic (exact) mass is 341 g/mol. The van der Waals surface area contributed by atoms with Gasteiger partial charge in [0.25, 0.3) is 0 Å². The van der Waals surface area contributed by atoms with Crippen LogP contribution in [-0.4, -0.2) is 36.7 Å². The quantitative estimate of drug-likeness (QED) is 0.722. The molecule has 0 aliphatic heterocycles. The Labute approximate surface area is 126 Å². The van der Waals surface area contributed by atoms with Crippen LogP contribution in [0, 0.1) is 0 Å². The fourth-order valence-corrected chi connectivity index (χ4v) is 2.77. The number of benzene rings is 1. The zero-order valence-electron chi connectivity index (χ0n) is 10.4. The van der Waals surface area contributed by atoms with E-state index in [-0.39, 0.29) is 5.02 Å². The van der Waals surface area contributed by atoms with Crippen LogP contribution in [0.1, 0.15) is 12.5 Å². The number of aliphatic carboxylic acids is 1. The molecule has 1 atom stereocenters. The van der Waals surface area contributed by atoms with Crippen molar-refractivity contribution in [2.75, 3.05) is 6.54 Å². The Morgan fingerprint density at radius 3 is 2.45 bits per heavy atom. The predicted molar refractivity (Wildman–Crippen MR) is 75.3 cm³/mol. The molecule has 1 rings (SSSR count). The van der Waals surface area contributed by atoms with E-state index in [0.29, 0.717) is 10.6 Å². The maximum Gasteiger partial charge on any atom is 0.336 e. The van der Waals surface area contributed by atoms with Crippen molar-refractivity contribution in [3.05, 3.63) is 33.8 Å². The maximum atomic E-state index is 11.8.